The van der Waals surface area contributed by atoms with E-state index in [4.69, 9.17) is 32.7 Å². The number of anilines is 1. The van der Waals surface area contributed by atoms with Crippen molar-refractivity contribution in [1.29, 1.82) is 0 Å². The van der Waals surface area contributed by atoms with E-state index >= 15 is 0 Å². The molecule has 0 aliphatic heterocycles. The van der Waals surface area contributed by atoms with Gasteiger partial charge >= 0.3 is 5.97 Å². The van der Waals surface area contributed by atoms with Crippen LogP contribution in [0.5, 0.6) is 11.5 Å². The standard InChI is InChI=1S/C16H15Cl2NO6S/c1-24-14-6-4-11(8-12(14)18)26(22,23)19(9-16(20)21)13-7-10(17)3-5-15(13)25-2/h3-8H,9H2,1-2H3,(H,20,21). The van der Waals surface area contributed by atoms with Crippen LogP contribution in [0.25, 0.3) is 0 Å². The van der Waals surface area contributed by atoms with Gasteiger partial charge in [-0.3, -0.25) is 9.10 Å². The van der Waals surface area contributed by atoms with Crippen molar-refractivity contribution in [2.75, 3.05) is 25.1 Å². The second-order valence-corrected chi connectivity index (χ2v) is 7.72. The van der Waals surface area contributed by atoms with E-state index in [0.717, 1.165) is 0 Å². The van der Waals surface area contributed by atoms with Gasteiger partial charge in [0.05, 0.1) is 29.8 Å². The summed E-state index contributed by atoms with van der Waals surface area (Å²) in [5, 5.41) is 9.49. The molecule has 0 atom stereocenters. The molecule has 140 valence electrons. The second-order valence-electron chi connectivity index (χ2n) is 5.02. The highest BCUT2D eigenvalue weighted by Crippen LogP contribution is 2.36. The van der Waals surface area contributed by atoms with E-state index in [1.807, 2.05) is 0 Å². The van der Waals surface area contributed by atoms with Gasteiger partial charge in [-0.2, -0.15) is 0 Å². The van der Waals surface area contributed by atoms with Crippen LogP contribution in [0.2, 0.25) is 10.0 Å². The van der Waals surface area contributed by atoms with Crippen molar-refractivity contribution < 1.29 is 27.8 Å². The summed E-state index contributed by atoms with van der Waals surface area (Å²) >= 11 is 12.0. The lowest BCUT2D eigenvalue weighted by Gasteiger charge is -2.25. The maximum atomic E-state index is 13.1. The SMILES string of the molecule is COc1ccc(S(=O)(=O)N(CC(=O)O)c2cc(Cl)ccc2OC)cc1Cl. The van der Waals surface area contributed by atoms with Crippen molar-refractivity contribution in [3.63, 3.8) is 0 Å². The predicted octanol–water partition coefficient (Wildman–Crippen LogP) is 3.29. The summed E-state index contributed by atoms with van der Waals surface area (Å²) in [6, 6.07) is 8.09. The van der Waals surface area contributed by atoms with Crippen molar-refractivity contribution in [2.24, 2.45) is 0 Å². The average molecular weight is 420 g/mol. The van der Waals surface area contributed by atoms with E-state index < -0.39 is 22.5 Å². The zero-order chi connectivity index (χ0) is 19.5. The number of sulfonamides is 1. The molecule has 0 radical (unpaired) electrons. The monoisotopic (exact) mass is 419 g/mol. The summed E-state index contributed by atoms with van der Waals surface area (Å²) in [4.78, 5) is 11.1. The number of halogens is 2. The number of carboxylic acid groups (broad SMARTS) is 1. The number of hydrogen-bond acceptors (Lipinski definition) is 5. The third-order valence-corrected chi connectivity index (χ3v) is 5.69. The van der Waals surface area contributed by atoms with Gasteiger partial charge in [0, 0.05) is 5.02 Å². The summed E-state index contributed by atoms with van der Waals surface area (Å²) in [6.07, 6.45) is 0. The van der Waals surface area contributed by atoms with Crippen LogP contribution in [0.1, 0.15) is 0 Å². The third-order valence-electron chi connectivity index (χ3n) is 3.40. The molecule has 26 heavy (non-hydrogen) atoms. The fourth-order valence-corrected chi connectivity index (χ4v) is 4.15. The van der Waals surface area contributed by atoms with Gasteiger partial charge in [-0.1, -0.05) is 23.2 Å². The highest BCUT2D eigenvalue weighted by Gasteiger charge is 2.30. The molecule has 0 aromatic heterocycles. The molecule has 0 spiro atoms. The van der Waals surface area contributed by atoms with Gasteiger partial charge in [0.25, 0.3) is 10.0 Å². The molecule has 0 unspecified atom stereocenters. The van der Waals surface area contributed by atoms with Gasteiger partial charge in [0.2, 0.25) is 0 Å². The fraction of sp³-hybridized carbons (Fsp3) is 0.188. The molecule has 7 nitrogen and oxygen atoms in total. The Labute approximate surface area is 160 Å². The first-order chi connectivity index (χ1) is 12.2. The zero-order valence-corrected chi connectivity index (χ0v) is 16.1. The molecule has 0 aliphatic carbocycles. The molecule has 0 heterocycles. The van der Waals surface area contributed by atoms with E-state index in [-0.39, 0.29) is 32.1 Å². The van der Waals surface area contributed by atoms with Crippen LogP contribution < -0.4 is 13.8 Å². The van der Waals surface area contributed by atoms with Gasteiger partial charge in [-0.05, 0) is 36.4 Å². The Bertz CT molecular complexity index is 932. The van der Waals surface area contributed by atoms with Crippen LogP contribution >= 0.6 is 23.2 Å². The number of ether oxygens (including phenoxy) is 2. The number of rotatable bonds is 7. The van der Waals surface area contributed by atoms with Crippen LogP contribution in [0.3, 0.4) is 0 Å². The van der Waals surface area contributed by atoms with Gasteiger partial charge in [-0.25, -0.2) is 8.42 Å². The van der Waals surface area contributed by atoms with E-state index in [1.165, 1.54) is 50.6 Å². The maximum absolute atomic E-state index is 13.1. The van der Waals surface area contributed by atoms with Crippen LogP contribution in [-0.4, -0.2) is 40.3 Å². The molecule has 0 fully saturated rings. The molecule has 1 N–H and O–H groups in total. The smallest absolute Gasteiger partial charge is 0.324 e. The first kappa shape index (κ1) is 20.2. The summed E-state index contributed by atoms with van der Waals surface area (Å²) in [6.45, 7) is -0.831. The molecule has 0 amide bonds. The van der Waals surface area contributed by atoms with E-state index in [2.05, 4.69) is 0 Å². The van der Waals surface area contributed by atoms with Gasteiger partial charge < -0.3 is 14.6 Å². The minimum Gasteiger partial charge on any atom is -0.495 e. The summed E-state index contributed by atoms with van der Waals surface area (Å²) in [5.41, 5.74) is -0.00524. The molecular formula is C16H15Cl2NO6S. The molecule has 0 aliphatic rings. The number of carbonyl (C=O) groups is 1. The molecule has 2 rings (SSSR count). The highest BCUT2D eigenvalue weighted by molar-refractivity contribution is 7.92. The van der Waals surface area contributed by atoms with Crippen LogP contribution in [0.4, 0.5) is 5.69 Å². The predicted molar refractivity (Wildman–Crippen MR) is 98.2 cm³/mol. The number of benzene rings is 2. The molecule has 2 aromatic carbocycles. The Morgan fingerprint density at radius 2 is 1.69 bits per heavy atom. The lowest BCUT2D eigenvalue weighted by molar-refractivity contribution is -0.135. The molecule has 10 heteroatoms. The number of hydrogen-bond donors (Lipinski definition) is 1. The molecule has 2 aromatic rings. The van der Waals surface area contributed by atoms with Gasteiger partial charge in [0.1, 0.15) is 18.0 Å². The van der Waals surface area contributed by atoms with Crippen molar-refractivity contribution in [1.82, 2.24) is 0 Å². The van der Waals surface area contributed by atoms with Crippen molar-refractivity contribution in [2.45, 2.75) is 4.90 Å². The summed E-state index contributed by atoms with van der Waals surface area (Å²) in [5.74, 6) is -0.912. The van der Waals surface area contributed by atoms with E-state index in [1.54, 1.807) is 0 Å². The Morgan fingerprint density at radius 3 is 2.23 bits per heavy atom. The minimum absolute atomic E-state index is 0.00524. The zero-order valence-electron chi connectivity index (χ0n) is 13.8. The lowest BCUT2D eigenvalue weighted by Crippen LogP contribution is -2.36. The molecule has 0 saturated carbocycles. The molecule has 0 saturated heterocycles. The molecule has 0 bridgehead atoms. The normalized spacial score (nSPS) is 11.1. The Morgan fingerprint density at radius 1 is 1.08 bits per heavy atom. The van der Waals surface area contributed by atoms with Crippen molar-refractivity contribution in [3.8, 4) is 11.5 Å². The molecular weight excluding hydrogens is 405 g/mol. The van der Waals surface area contributed by atoms with Crippen molar-refractivity contribution in [3.05, 3.63) is 46.4 Å². The van der Waals surface area contributed by atoms with Gasteiger partial charge in [0.15, 0.2) is 0 Å². The topological polar surface area (TPSA) is 93.1 Å². The van der Waals surface area contributed by atoms with Crippen LogP contribution in [-0.2, 0) is 14.8 Å². The maximum Gasteiger partial charge on any atom is 0.324 e. The fourth-order valence-electron chi connectivity index (χ4n) is 2.22. The van der Waals surface area contributed by atoms with E-state index in [9.17, 15) is 18.3 Å². The summed E-state index contributed by atoms with van der Waals surface area (Å²) in [7, 11) is -1.54. The number of carboxylic acids is 1. The number of aliphatic carboxylic acids is 1. The summed E-state index contributed by atoms with van der Waals surface area (Å²) < 4.78 is 37.0. The Balaban J connectivity index is 2.64. The van der Waals surface area contributed by atoms with Gasteiger partial charge in [-0.15, -0.1) is 0 Å². The Kier molecular flexibility index (Phi) is 6.22. The number of methoxy groups -OCH3 is 2. The minimum atomic E-state index is -4.27. The Hall–Kier alpha value is -2.16. The van der Waals surface area contributed by atoms with E-state index in [0.29, 0.717) is 4.31 Å². The highest BCUT2D eigenvalue weighted by atomic mass is 35.5. The number of nitrogens with zero attached hydrogens (tertiary/aromatic N) is 1. The average Bonchev–Trinajstić information content (AvgIpc) is 2.59. The van der Waals surface area contributed by atoms with Crippen LogP contribution in [0, 0.1) is 0 Å². The lowest BCUT2D eigenvalue weighted by atomic mass is 10.3. The quantitative estimate of drug-likeness (QED) is 0.739. The second kappa shape index (κ2) is 8.03. The largest absolute Gasteiger partial charge is 0.495 e. The first-order valence-corrected chi connectivity index (χ1v) is 9.32. The van der Waals surface area contributed by atoms with Crippen LogP contribution in [0.15, 0.2) is 41.3 Å². The first-order valence-electron chi connectivity index (χ1n) is 7.12. The van der Waals surface area contributed by atoms with Crippen molar-refractivity contribution >= 4 is 44.9 Å². The third kappa shape index (κ3) is 4.14.